The first-order valence-electron chi connectivity index (χ1n) is 8.19. The van der Waals surface area contributed by atoms with Crippen LogP contribution in [0.2, 0.25) is 5.02 Å². The monoisotopic (exact) mass is 400 g/mol. The smallest absolute Gasteiger partial charge is 0.234 e. The highest BCUT2D eigenvalue weighted by atomic mass is 35.5. The Kier molecular flexibility index (Phi) is 6.35. The lowest BCUT2D eigenvalue weighted by Crippen LogP contribution is -2.15. The molecule has 0 spiro atoms. The molecule has 0 aliphatic rings. The number of anilines is 1. The van der Waals surface area contributed by atoms with Crippen molar-refractivity contribution in [1.82, 2.24) is 9.55 Å². The molecule has 0 saturated heterocycles. The molecule has 0 unspecified atom stereocenters. The maximum absolute atomic E-state index is 12.3. The van der Waals surface area contributed by atoms with Gasteiger partial charge in [-0.15, -0.1) is 0 Å². The molecular weight excluding hydrogens is 384 g/mol. The number of hydrogen-bond donors (Lipinski definition) is 1. The van der Waals surface area contributed by atoms with Crippen molar-refractivity contribution in [3.63, 3.8) is 0 Å². The molecule has 0 saturated carbocycles. The van der Waals surface area contributed by atoms with E-state index < -0.39 is 0 Å². The van der Waals surface area contributed by atoms with Gasteiger partial charge in [-0.25, -0.2) is 4.98 Å². The molecule has 0 bridgehead atoms. The number of carbonyl (C=O) groups excluding carboxylic acids is 1. The topological polar surface area (TPSA) is 79.9 Å². The van der Waals surface area contributed by atoms with E-state index in [2.05, 4.69) is 14.9 Å². The summed E-state index contributed by atoms with van der Waals surface area (Å²) in [5.74, 6) is 0.0274. The number of halogens is 1. The molecule has 1 N–H and O–H groups in total. The molecule has 0 aliphatic carbocycles. The standard InChI is InChI=1S/C19H17ClN4O2S/c1-26-9-8-24-17-5-3-2-4-16(17)23-19(24)27-12-18(25)22-14-7-6-13(11-21)15(20)10-14/h2-7,10H,8-9,12H2,1H3,(H,22,25). The predicted octanol–water partition coefficient (Wildman–Crippen LogP) is 3.94. The van der Waals surface area contributed by atoms with Crippen LogP contribution in [0.25, 0.3) is 11.0 Å². The second-order valence-corrected chi connectivity index (χ2v) is 7.02. The Labute approximate surface area is 166 Å². The number of para-hydroxylation sites is 2. The summed E-state index contributed by atoms with van der Waals surface area (Å²) in [4.78, 5) is 16.9. The van der Waals surface area contributed by atoms with Gasteiger partial charge in [0.05, 0.1) is 34.0 Å². The molecule has 0 aliphatic heterocycles. The van der Waals surface area contributed by atoms with Crippen LogP contribution >= 0.6 is 23.4 Å². The zero-order chi connectivity index (χ0) is 19.2. The number of carbonyl (C=O) groups is 1. The molecule has 0 atom stereocenters. The molecule has 3 aromatic rings. The van der Waals surface area contributed by atoms with Crippen LogP contribution in [-0.4, -0.2) is 34.9 Å². The molecule has 1 amide bonds. The Morgan fingerprint density at radius 2 is 2.19 bits per heavy atom. The predicted molar refractivity (Wildman–Crippen MR) is 107 cm³/mol. The Hall–Kier alpha value is -2.53. The van der Waals surface area contributed by atoms with Gasteiger partial charge in [0.2, 0.25) is 5.91 Å². The molecule has 27 heavy (non-hydrogen) atoms. The molecule has 138 valence electrons. The fourth-order valence-electron chi connectivity index (χ4n) is 2.57. The average molecular weight is 401 g/mol. The van der Waals surface area contributed by atoms with Crippen molar-refractivity contribution in [2.24, 2.45) is 0 Å². The molecular formula is C19H17ClN4O2S. The SMILES string of the molecule is COCCn1c(SCC(=O)Nc2ccc(C#N)c(Cl)c2)nc2ccccc21. The Bertz CT molecular complexity index is 1010. The molecule has 6 nitrogen and oxygen atoms in total. The zero-order valence-electron chi connectivity index (χ0n) is 14.6. The summed E-state index contributed by atoms with van der Waals surface area (Å²) < 4.78 is 7.23. The minimum absolute atomic E-state index is 0.175. The van der Waals surface area contributed by atoms with Crippen LogP contribution in [0.4, 0.5) is 5.69 Å². The number of imidazole rings is 1. The maximum Gasteiger partial charge on any atom is 0.234 e. The van der Waals surface area contributed by atoms with E-state index in [9.17, 15) is 4.79 Å². The molecule has 8 heteroatoms. The van der Waals surface area contributed by atoms with E-state index in [1.807, 2.05) is 30.3 Å². The van der Waals surface area contributed by atoms with E-state index >= 15 is 0 Å². The largest absolute Gasteiger partial charge is 0.383 e. The van der Waals surface area contributed by atoms with Gasteiger partial charge in [-0.05, 0) is 30.3 Å². The molecule has 0 fully saturated rings. The quantitative estimate of drug-likeness (QED) is 0.607. The first-order chi connectivity index (χ1) is 13.1. The second-order valence-electron chi connectivity index (χ2n) is 5.67. The molecule has 1 heterocycles. The van der Waals surface area contributed by atoms with Crippen molar-refractivity contribution < 1.29 is 9.53 Å². The van der Waals surface area contributed by atoms with Crippen molar-refractivity contribution in [3.05, 3.63) is 53.1 Å². The van der Waals surface area contributed by atoms with Crippen LogP contribution in [-0.2, 0) is 16.1 Å². The number of nitrogens with one attached hydrogen (secondary N) is 1. The molecule has 3 rings (SSSR count). The lowest BCUT2D eigenvalue weighted by atomic mass is 10.2. The van der Waals surface area contributed by atoms with Crippen molar-refractivity contribution in [2.45, 2.75) is 11.7 Å². The highest BCUT2D eigenvalue weighted by molar-refractivity contribution is 7.99. The number of aromatic nitrogens is 2. The number of amides is 1. The van der Waals surface area contributed by atoms with Gasteiger partial charge < -0.3 is 14.6 Å². The van der Waals surface area contributed by atoms with Gasteiger partial charge in [-0.2, -0.15) is 5.26 Å². The number of rotatable bonds is 7. The fourth-order valence-corrected chi connectivity index (χ4v) is 3.64. The lowest BCUT2D eigenvalue weighted by molar-refractivity contribution is -0.113. The highest BCUT2D eigenvalue weighted by Crippen LogP contribution is 2.25. The van der Waals surface area contributed by atoms with Crippen LogP contribution in [0.15, 0.2) is 47.6 Å². The third-order valence-electron chi connectivity index (χ3n) is 3.84. The third kappa shape index (κ3) is 4.61. The zero-order valence-corrected chi connectivity index (χ0v) is 16.2. The fraction of sp³-hybridized carbons (Fsp3) is 0.211. The van der Waals surface area contributed by atoms with Gasteiger partial charge in [0, 0.05) is 19.3 Å². The Morgan fingerprint density at radius 1 is 1.37 bits per heavy atom. The number of fused-ring (bicyclic) bond motifs is 1. The number of hydrogen-bond acceptors (Lipinski definition) is 5. The number of benzene rings is 2. The van der Waals surface area contributed by atoms with Crippen molar-refractivity contribution in [3.8, 4) is 6.07 Å². The maximum atomic E-state index is 12.3. The van der Waals surface area contributed by atoms with Crippen LogP contribution in [0.3, 0.4) is 0 Å². The summed E-state index contributed by atoms with van der Waals surface area (Å²) in [7, 11) is 1.65. The summed E-state index contributed by atoms with van der Waals surface area (Å²) in [6, 6.07) is 14.6. The summed E-state index contributed by atoms with van der Waals surface area (Å²) in [5.41, 5.74) is 2.82. The van der Waals surface area contributed by atoms with Crippen LogP contribution in [0, 0.1) is 11.3 Å². The van der Waals surface area contributed by atoms with Gasteiger partial charge in [0.15, 0.2) is 5.16 Å². The normalized spacial score (nSPS) is 10.7. The Balaban J connectivity index is 1.69. The second kappa shape index (κ2) is 8.91. The van der Waals surface area contributed by atoms with Crippen LogP contribution in [0.5, 0.6) is 0 Å². The summed E-state index contributed by atoms with van der Waals surface area (Å²) in [6.45, 7) is 1.22. The van der Waals surface area contributed by atoms with Crippen LogP contribution < -0.4 is 5.32 Å². The van der Waals surface area contributed by atoms with E-state index in [0.717, 1.165) is 16.2 Å². The minimum Gasteiger partial charge on any atom is -0.383 e. The first-order valence-corrected chi connectivity index (χ1v) is 9.55. The summed E-state index contributed by atoms with van der Waals surface area (Å²) in [6.07, 6.45) is 0. The molecule has 1 aromatic heterocycles. The first kappa shape index (κ1) is 19.2. The van der Waals surface area contributed by atoms with E-state index in [-0.39, 0.29) is 11.7 Å². The van der Waals surface area contributed by atoms with Gasteiger partial charge in [0.25, 0.3) is 0 Å². The number of nitriles is 1. The summed E-state index contributed by atoms with van der Waals surface area (Å²) in [5, 5.41) is 12.8. The number of ether oxygens (including phenoxy) is 1. The van der Waals surface area contributed by atoms with E-state index in [4.69, 9.17) is 21.6 Å². The summed E-state index contributed by atoms with van der Waals surface area (Å²) >= 11 is 7.36. The van der Waals surface area contributed by atoms with Crippen molar-refractivity contribution in [2.75, 3.05) is 24.8 Å². The highest BCUT2D eigenvalue weighted by Gasteiger charge is 2.13. The van der Waals surface area contributed by atoms with Crippen molar-refractivity contribution >= 4 is 46.0 Å². The lowest BCUT2D eigenvalue weighted by Gasteiger charge is -2.09. The van der Waals surface area contributed by atoms with E-state index in [1.54, 1.807) is 25.3 Å². The third-order valence-corrected chi connectivity index (χ3v) is 5.13. The number of thioether (sulfide) groups is 1. The van der Waals surface area contributed by atoms with Crippen molar-refractivity contribution in [1.29, 1.82) is 5.26 Å². The van der Waals surface area contributed by atoms with Gasteiger partial charge in [0.1, 0.15) is 6.07 Å². The number of nitrogens with zero attached hydrogens (tertiary/aromatic N) is 3. The molecule has 0 radical (unpaired) electrons. The van der Waals surface area contributed by atoms with Gasteiger partial charge in [-0.1, -0.05) is 35.5 Å². The minimum atomic E-state index is -0.175. The molecule has 2 aromatic carbocycles. The number of methoxy groups -OCH3 is 1. The van der Waals surface area contributed by atoms with Crippen LogP contribution in [0.1, 0.15) is 5.56 Å². The average Bonchev–Trinajstić information content (AvgIpc) is 3.02. The van der Waals surface area contributed by atoms with Gasteiger partial charge in [-0.3, -0.25) is 4.79 Å². The van der Waals surface area contributed by atoms with Gasteiger partial charge >= 0.3 is 0 Å². The Morgan fingerprint density at radius 3 is 2.93 bits per heavy atom. The van der Waals surface area contributed by atoms with E-state index in [1.165, 1.54) is 11.8 Å². The van der Waals surface area contributed by atoms with E-state index in [0.29, 0.717) is 29.4 Å².